The van der Waals surface area contributed by atoms with Crippen LogP contribution in [0.1, 0.15) is 18.1 Å². The predicted octanol–water partition coefficient (Wildman–Crippen LogP) is 3.19. The van der Waals surface area contributed by atoms with Crippen molar-refractivity contribution in [3.05, 3.63) is 46.7 Å². The molecule has 0 saturated carbocycles. The minimum absolute atomic E-state index is 0.0536. The van der Waals surface area contributed by atoms with Crippen molar-refractivity contribution in [3.8, 4) is 0 Å². The maximum atomic E-state index is 11.3. The van der Waals surface area contributed by atoms with E-state index in [-0.39, 0.29) is 5.91 Å². The van der Waals surface area contributed by atoms with Gasteiger partial charge in [0.05, 0.1) is 6.42 Å². The van der Waals surface area contributed by atoms with Crippen molar-refractivity contribution in [2.45, 2.75) is 20.3 Å². The van der Waals surface area contributed by atoms with Crippen molar-refractivity contribution >= 4 is 30.9 Å². The monoisotopic (exact) mass is 293 g/mol. The topological polar surface area (TPSA) is 53.8 Å². The van der Waals surface area contributed by atoms with Gasteiger partial charge < -0.3 is 5.32 Å². The zero-order chi connectivity index (χ0) is 15.4. The zero-order valence-electron chi connectivity index (χ0n) is 11.9. The van der Waals surface area contributed by atoms with Crippen LogP contribution in [0.2, 0.25) is 5.02 Å². The zero-order valence-corrected chi connectivity index (χ0v) is 12.7. The maximum Gasteiger partial charge on any atom is 0.224 e. The van der Waals surface area contributed by atoms with Crippen LogP contribution in [0.5, 0.6) is 0 Å². The molecule has 0 fully saturated rings. The van der Waals surface area contributed by atoms with Gasteiger partial charge in [-0.15, -0.1) is 0 Å². The molecule has 0 saturated heterocycles. The second-order valence-corrected chi connectivity index (χ2v) is 4.30. The molecule has 0 atom stereocenters. The largest absolute Gasteiger partial charge is 0.356 e. The van der Waals surface area contributed by atoms with Gasteiger partial charge in [-0.2, -0.15) is 0 Å². The average Bonchev–Trinajstić information content (AvgIpc) is 2.41. The minimum Gasteiger partial charge on any atom is -0.356 e. The number of carbonyl (C=O) groups excluding carboxylic acids is 1. The van der Waals surface area contributed by atoms with Gasteiger partial charge in [-0.25, -0.2) is 0 Å². The lowest BCUT2D eigenvalue weighted by atomic mass is 10.1. The van der Waals surface area contributed by atoms with Gasteiger partial charge in [0.1, 0.15) is 0 Å². The first-order valence-corrected chi connectivity index (χ1v) is 6.51. The molecule has 1 N–H and O–H groups in total. The minimum atomic E-state index is 0.0536. The van der Waals surface area contributed by atoms with Crippen LogP contribution >= 0.6 is 11.6 Å². The first-order valence-electron chi connectivity index (χ1n) is 6.13. The highest BCUT2D eigenvalue weighted by atomic mass is 35.5. The highest BCUT2D eigenvalue weighted by Crippen LogP contribution is 2.15. The molecule has 0 spiro atoms. The molecule has 0 aliphatic carbocycles. The van der Waals surface area contributed by atoms with Crippen LogP contribution < -0.4 is 5.32 Å². The third kappa shape index (κ3) is 8.21. The van der Waals surface area contributed by atoms with Crippen molar-refractivity contribution in [2.75, 3.05) is 6.54 Å². The van der Waals surface area contributed by atoms with Gasteiger partial charge in [0.2, 0.25) is 5.91 Å². The highest BCUT2D eigenvalue weighted by molar-refractivity contribution is 6.30. The van der Waals surface area contributed by atoms with Crippen LogP contribution in [0.15, 0.2) is 40.6 Å². The Bertz CT molecular complexity index is 474. The number of nitrogens with one attached hydrogen (secondary N) is 1. The fraction of sp³-hybridized carbons (Fsp3) is 0.267. The summed E-state index contributed by atoms with van der Waals surface area (Å²) in [5.41, 5.74) is 2.09. The van der Waals surface area contributed by atoms with Crippen LogP contribution in [-0.2, 0) is 11.2 Å². The Morgan fingerprint density at radius 3 is 2.40 bits per heavy atom. The summed E-state index contributed by atoms with van der Waals surface area (Å²) in [6.07, 6.45) is 3.36. The molecule has 108 valence electrons. The van der Waals surface area contributed by atoms with Gasteiger partial charge in [-0.1, -0.05) is 17.7 Å². The molecule has 4 nitrogen and oxygen atoms in total. The predicted molar refractivity (Wildman–Crippen MR) is 86.8 cm³/mol. The second kappa shape index (κ2) is 10.9. The Morgan fingerprint density at radius 2 is 1.95 bits per heavy atom. The Balaban J connectivity index is 0.000000511. The fourth-order valence-corrected chi connectivity index (χ4v) is 1.61. The molecule has 5 heteroatoms. The summed E-state index contributed by atoms with van der Waals surface area (Å²) < 4.78 is 0. The van der Waals surface area contributed by atoms with Crippen LogP contribution in [0.3, 0.4) is 0 Å². The Labute approximate surface area is 125 Å². The average molecular weight is 294 g/mol. The third-order valence-corrected chi connectivity index (χ3v) is 2.54. The van der Waals surface area contributed by atoms with E-state index in [2.05, 4.69) is 28.7 Å². The summed E-state index contributed by atoms with van der Waals surface area (Å²) in [5.74, 6) is 0.0536. The summed E-state index contributed by atoms with van der Waals surface area (Å²) in [6, 6.07) is 5.58. The van der Waals surface area contributed by atoms with Gasteiger partial charge in [0.15, 0.2) is 0 Å². The molecular formula is C15H20ClN3O. The molecule has 0 radical (unpaired) electrons. The fourth-order valence-electron chi connectivity index (χ4n) is 1.38. The smallest absolute Gasteiger partial charge is 0.224 e. The molecular weight excluding hydrogens is 274 g/mol. The lowest BCUT2D eigenvalue weighted by molar-refractivity contribution is -0.120. The van der Waals surface area contributed by atoms with Crippen LogP contribution in [0.25, 0.3) is 0 Å². The van der Waals surface area contributed by atoms with Crippen LogP contribution in [0.4, 0.5) is 0 Å². The molecule has 0 heterocycles. The first-order chi connectivity index (χ1) is 9.54. The van der Waals surface area contributed by atoms with Gasteiger partial charge in [-0.3, -0.25) is 14.8 Å². The van der Waals surface area contributed by atoms with Crippen molar-refractivity contribution < 1.29 is 4.79 Å². The Hall–Kier alpha value is -1.94. The normalized spacial score (nSPS) is 9.55. The number of hydrogen-bond donors (Lipinski definition) is 1. The summed E-state index contributed by atoms with van der Waals surface area (Å²) in [5, 5.41) is 3.47. The van der Waals surface area contributed by atoms with Crippen LogP contribution in [-0.4, -0.2) is 25.9 Å². The van der Waals surface area contributed by atoms with E-state index in [0.717, 1.165) is 11.1 Å². The summed E-state index contributed by atoms with van der Waals surface area (Å²) in [4.78, 5) is 18.0. The summed E-state index contributed by atoms with van der Waals surface area (Å²) >= 11 is 5.81. The van der Waals surface area contributed by atoms with Crippen LogP contribution in [0, 0.1) is 6.92 Å². The van der Waals surface area contributed by atoms with E-state index < -0.39 is 0 Å². The van der Waals surface area contributed by atoms with Gasteiger partial charge in [0.25, 0.3) is 0 Å². The van der Waals surface area contributed by atoms with Gasteiger partial charge >= 0.3 is 0 Å². The van der Waals surface area contributed by atoms with Crippen molar-refractivity contribution in [1.29, 1.82) is 0 Å². The maximum absolute atomic E-state index is 11.3. The molecule has 0 aliphatic rings. The Morgan fingerprint density at radius 1 is 1.35 bits per heavy atom. The van der Waals surface area contributed by atoms with E-state index >= 15 is 0 Å². The van der Waals surface area contributed by atoms with E-state index in [1.807, 2.05) is 32.0 Å². The highest BCUT2D eigenvalue weighted by Gasteiger charge is 2.04. The molecule has 1 aromatic rings. The van der Waals surface area contributed by atoms with E-state index in [4.69, 9.17) is 11.6 Å². The number of hydrogen-bond acceptors (Lipinski definition) is 3. The van der Waals surface area contributed by atoms with Crippen molar-refractivity contribution in [2.24, 2.45) is 9.98 Å². The molecule has 20 heavy (non-hydrogen) atoms. The molecule has 0 aromatic heterocycles. The summed E-state index contributed by atoms with van der Waals surface area (Å²) in [7, 11) is 0. The SMILES string of the molecule is C=N/C=C\N=C.CCNC(=O)Cc1ccc(Cl)cc1C. The van der Waals surface area contributed by atoms with Gasteiger partial charge in [-0.05, 0) is 50.5 Å². The molecule has 0 unspecified atom stereocenters. The quantitative estimate of drug-likeness (QED) is 0.833. The van der Waals surface area contributed by atoms with Gasteiger partial charge in [0, 0.05) is 24.0 Å². The van der Waals surface area contributed by atoms with Crippen molar-refractivity contribution in [3.63, 3.8) is 0 Å². The van der Waals surface area contributed by atoms with E-state index in [1.54, 1.807) is 0 Å². The third-order valence-electron chi connectivity index (χ3n) is 2.31. The number of nitrogens with zero attached hydrogens (tertiary/aromatic N) is 2. The standard InChI is InChI=1S/C11H14ClNO.C4H6N2/c1-3-13-11(14)7-9-4-5-10(12)6-8(9)2;1-5-3-4-6-2/h4-6H,3,7H2,1-2H3,(H,13,14);3-4H,1-2H2/b;4-3-. The second-order valence-electron chi connectivity index (χ2n) is 3.86. The number of rotatable bonds is 5. The van der Waals surface area contributed by atoms with Crippen molar-refractivity contribution in [1.82, 2.24) is 5.32 Å². The molecule has 0 bridgehead atoms. The lowest BCUT2D eigenvalue weighted by Crippen LogP contribution is -2.24. The number of carbonyl (C=O) groups is 1. The Kier molecular flexibility index (Phi) is 9.87. The number of amides is 1. The molecule has 1 amide bonds. The van der Waals surface area contributed by atoms with E-state index in [1.165, 1.54) is 12.4 Å². The lowest BCUT2D eigenvalue weighted by Gasteiger charge is -2.05. The number of likely N-dealkylation sites (N-methyl/N-ethyl adjacent to an activating group) is 1. The number of benzene rings is 1. The molecule has 1 rings (SSSR count). The number of aliphatic imine (C=N–C) groups is 2. The first kappa shape index (κ1) is 18.1. The molecule has 1 aromatic carbocycles. The van der Waals surface area contributed by atoms with E-state index in [0.29, 0.717) is 18.0 Å². The number of aryl methyl sites for hydroxylation is 1. The number of halogens is 1. The molecule has 0 aliphatic heterocycles. The van der Waals surface area contributed by atoms with E-state index in [9.17, 15) is 4.79 Å². The summed E-state index contributed by atoms with van der Waals surface area (Å²) in [6.45, 7) is 10.9.